The zero-order chi connectivity index (χ0) is 20.4. The summed E-state index contributed by atoms with van der Waals surface area (Å²) in [7, 11) is 0. The van der Waals surface area contributed by atoms with Crippen LogP contribution < -0.4 is 5.32 Å². The number of fused-ring (bicyclic) bond motifs is 1. The third-order valence-electron chi connectivity index (χ3n) is 5.29. The molecule has 2 amide bonds. The number of piperidine rings is 1. The van der Waals surface area contributed by atoms with E-state index in [1.165, 1.54) is 4.70 Å². The van der Waals surface area contributed by atoms with Crippen molar-refractivity contribution in [2.75, 3.05) is 13.1 Å². The molecule has 5 nitrogen and oxygen atoms in total. The van der Waals surface area contributed by atoms with Crippen molar-refractivity contribution >= 4 is 45.0 Å². The lowest BCUT2D eigenvalue weighted by atomic mass is 9.97. The largest absolute Gasteiger partial charge is 0.341 e. The highest BCUT2D eigenvalue weighted by Crippen LogP contribution is 2.33. The number of hydrogen-bond acceptors (Lipinski definition) is 4. The first-order valence-electron chi connectivity index (χ1n) is 9.72. The molecule has 1 atom stereocenters. The minimum absolute atomic E-state index is 0.0462. The number of para-hydroxylation sites is 1. The smallest absolute Gasteiger partial charge is 0.251 e. The summed E-state index contributed by atoms with van der Waals surface area (Å²) in [6.45, 7) is 3.09. The van der Waals surface area contributed by atoms with Crippen molar-refractivity contribution in [3.63, 3.8) is 0 Å². The molecule has 2 heterocycles. The maximum atomic E-state index is 12.8. The summed E-state index contributed by atoms with van der Waals surface area (Å²) in [5.41, 5.74) is 1.54. The van der Waals surface area contributed by atoms with Gasteiger partial charge < -0.3 is 10.2 Å². The maximum Gasteiger partial charge on any atom is 0.251 e. The van der Waals surface area contributed by atoms with Crippen LogP contribution >= 0.6 is 22.9 Å². The Morgan fingerprint density at radius 3 is 2.52 bits per heavy atom. The zero-order valence-electron chi connectivity index (χ0n) is 16.1. The molecule has 0 bridgehead atoms. The normalized spacial score (nSPS) is 16.0. The molecule has 2 aromatic carbocycles. The number of nitrogens with zero attached hydrogens (tertiary/aromatic N) is 2. The predicted octanol–water partition coefficient (Wildman–Crippen LogP) is 4.47. The van der Waals surface area contributed by atoms with Gasteiger partial charge in [0.05, 0.1) is 15.2 Å². The summed E-state index contributed by atoms with van der Waals surface area (Å²) < 4.78 is 1.21. The van der Waals surface area contributed by atoms with Gasteiger partial charge in [0.2, 0.25) is 5.91 Å². The molecule has 4 rings (SSSR count). The van der Waals surface area contributed by atoms with Crippen molar-refractivity contribution in [2.45, 2.75) is 31.7 Å². The van der Waals surface area contributed by atoms with E-state index in [0.717, 1.165) is 23.4 Å². The number of carbonyl (C=O) groups is 2. The highest BCUT2D eigenvalue weighted by molar-refractivity contribution is 7.18. The van der Waals surface area contributed by atoms with E-state index in [2.05, 4.69) is 11.4 Å². The van der Waals surface area contributed by atoms with Crippen molar-refractivity contribution in [3.8, 4) is 0 Å². The second kappa shape index (κ2) is 8.51. The SMILES string of the molecule is CC(NC(=O)c1ccc(Cl)cc1)C(=O)N1CCC(c2nc3ccccc3s2)CC1. The van der Waals surface area contributed by atoms with Crippen LogP contribution in [0.25, 0.3) is 10.2 Å². The van der Waals surface area contributed by atoms with Crippen molar-refractivity contribution in [1.29, 1.82) is 0 Å². The first-order valence-corrected chi connectivity index (χ1v) is 10.9. The fraction of sp³-hybridized carbons (Fsp3) is 0.318. The Bertz CT molecular complexity index is 993. The van der Waals surface area contributed by atoms with Crippen LogP contribution in [0.4, 0.5) is 0 Å². The van der Waals surface area contributed by atoms with Crippen LogP contribution in [0.15, 0.2) is 48.5 Å². The molecule has 1 N–H and O–H groups in total. The monoisotopic (exact) mass is 427 g/mol. The van der Waals surface area contributed by atoms with Crippen LogP contribution in [0, 0.1) is 0 Å². The van der Waals surface area contributed by atoms with Gasteiger partial charge >= 0.3 is 0 Å². The average molecular weight is 428 g/mol. The Labute approximate surface area is 178 Å². The van der Waals surface area contributed by atoms with Crippen molar-refractivity contribution in [1.82, 2.24) is 15.2 Å². The lowest BCUT2D eigenvalue weighted by Crippen LogP contribution is -2.49. The Kier molecular flexibility index (Phi) is 5.83. The van der Waals surface area contributed by atoms with Gasteiger partial charge in [0, 0.05) is 29.6 Å². The Hall–Kier alpha value is -2.44. The molecule has 1 aliphatic rings. The van der Waals surface area contributed by atoms with Gasteiger partial charge in [-0.2, -0.15) is 0 Å². The standard InChI is InChI=1S/C22H22ClN3O2S/c1-14(24-20(27)15-6-8-17(23)9-7-15)22(28)26-12-10-16(11-13-26)21-25-18-4-2-3-5-19(18)29-21/h2-9,14,16H,10-13H2,1H3,(H,24,27). The van der Waals surface area contributed by atoms with Crippen LogP contribution in [0.2, 0.25) is 5.02 Å². The lowest BCUT2D eigenvalue weighted by Gasteiger charge is -2.33. The van der Waals surface area contributed by atoms with Gasteiger partial charge in [0.1, 0.15) is 6.04 Å². The summed E-state index contributed by atoms with van der Waals surface area (Å²) in [4.78, 5) is 31.7. The minimum Gasteiger partial charge on any atom is -0.341 e. The molecule has 3 aromatic rings. The molecule has 150 valence electrons. The number of amides is 2. The van der Waals surface area contributed by atoms with Crippen LogP contribution in [-0.2, 0) is 4.79 Å². The van der Waals surface area contributed by atoms with E-state index in [0.29, 0.717) is 29.6 Å². The predicted molar refractivity (Wildman–Crippen MR) is 117 cm³/mol. The highest BCUT2D eigenvalue weighted by atomic mass is 35.5. The Morgan fingerprint density at radius 1 is 1.14 bits per heavy atom. The number of aromatic nitrogens is 1. The molecule has 7 heteroatoms. The van der Waals surface area contributed by atoms with Crippen LogP contribution in [-0.4, -0.2) is 40.8 Å². The van der Waals surface area contributed by atoms with Crippen molar-refractivity contribution in [3.05, 3.63) is 64.1 Å². The molecule has 1 fully saturated rings. The first kappa shape index (κ1) is 19.9. The third-order valence-corrected chi connectivity index (χ3v) is 6.74. The van der Waals surface area contributed by atoms with Gasteiger partial charge in [0.15, 0.2) is 0 Å². The number of benzene rings is 2. The lowest BCUT2D eigenvalue weighted by molar-refractivity contribution is -0.133. The Balaban J connectivity index is 1.33. The highest BCUT2D eigenvalue weighted by Gasteiger charge is 2.29. The second-order valence-electron chi connectivity index (χ2n) is 7.32. The molecule has 0 saturated carbocycles. The van der Waals surface area contributed by atoms with Gasteiger partial charge in [-0.3, -0.25) is 9.59 Å². The van der Waals surface area contributed by atoms with Gasteiger partial charge in [0.25, 0.3) is 5.91 Å². The van der Waals surface area contributed by atoms with Gasteiger partial charge in [-0.05, 0) is 56.2 Å². The van der Waals surface area contributed by atoms with Gasteiger partial charge in [-0.1, -0.05) is 23.7 Å². The molecular formula is C22H22ClN3O2S. The topological polar surface area (TPSA) is 62.3 Å². The minimum atomic E-state index is -0.572. The number of likely N-dealkylation sites (tertiary alicyclic amines) is 1. The number of halogens is 1. The first-order chi connectivity index (χ1) is 14.0. The molecule has 0 spiro atoms. The summed E-state index contributed by atoms with van der Waals surface area (Å²) >= 11 is 7.60. The van der Waals surface area contributed by atoms with Gasteiger partial charge in [-0.25, -0.2) is 4.98 Å². The fourth-order valence-corrected chi connectivity index (χ4v) is 4.89. The molecule has 1 saturated heterocycles. The summed E-state index contributed by atoms with van der Waals surface area (Å²) in [6, 6.07) is 14.2. The molecule has 0 aliphatic carbocycles. The molecule has 1 aliphatic heterocycles. The zero-order valence-corrected chi connectivity index (χ0v) is 17.7. The van der Waals surface area contributed by atoms with E-state index >= 15 is 0 Å². The number of nitrogens with one attached hydrogen (secondary N) is 1. The molecular weight excluding hydrogens is 406 g/mol. The molecule has 1 aromatic heterocycles. The van der Waals surface area contributed by atoms with E-state index in [4.69, 9.17) is 16.6 Å². The van der Waals surface area contributed by atoms with Crippen LogP contribution in [0.1, 0.15) is 41.0 Å². The summed E-state index contributed by atoms with van der Waals surface area (Å²) in [6.07, 6.45) is 1.78. The molecule has 1 unspecified atom stereocenters. The molecule has 29 heavy (non-hydrogen) atoms. The van der Waals surface area contributed by atoms with E-state index < -0.39 is 6.04 Å². The quantitative estimate of drug-likeness (QED) is 0.668. The maximum absolute atomic E-state index is 12.8. The molecule has 0 radical (unpaired) electrons. The fourth-order valence-electron chi connectivity index (χ4n) is 3.63. The average Bonchev–Trinajstić information content (AvgIpc) is 3.18. The van der Waals surface area contributed by atoms with Gasteiger partial charge in [-0.15, -0.1) is 11.3 Å². The van der Waals surface area contributed by atoms with Crippen LogP contribution in [0.5, 0.6) is 0 Å². The second-order valence-corrected chi connectivity index (χ2v) is 8.82. The third kappa shape index (κ3) is 4.43. The number of rotatable bonds is 4. The van der Waals surface area contributed by atoms with E-state index in [1.54, 1.807) is 42.5 Å². The van der Waals surface area contributed by atoms with Crippen molar-refractivity contribution < 1.29 is 9.59 Å². The van der Waals surface area contributed by atoms with Crippen LogP contribution in [0.3, 0.4) is 0 Å². The summed E-state index contributed by atoms with van der Waals surface area (Å²) in [5.74, 6) is 0.0670. The number of hydrogen-bond donors (Lipinski definition) is 1. The van der Waals surface area contributed by atoms with Crippen molar-refractivity contribution in [2.24, 2.45) is 0 Å². The van der Waals surface area contributed by atoms with E-state index in [9.17, 15) is 9.59 Å². The van der Waals surface area contributed by atoms with E-state index in [-0.39, 0.29) is 11.8 Å². The van der Waals surface area contributed by atoms with E-state index in [1.807, 2.05) is 23.1 Å². The summed E-state index contributed by atoms with van der Waals surface area (Å²) in [5, 5.41) is 4.52. The number of carbonyl (C=O) groups excluding carboxylic acids is 2. The number of thiazole rings is 1. The Morgan fingerprint density at radius 2 is 1.83 bits per heavy atom.